The predicted octanol–water partition coefficient (Wildman–Crippen LogP) is 0.485. The third kappa shape index (κ3) is 4.01. The average molecular weight is 335 g/mol. The van der Waals surface area contributed by atoms with Crippen LogP contribution in [0.1, 0.15) is 23.2 Å². The van der Waals surface area contributed by atoms with Crippen molar-refractivity contribution in [2.75, 3.05) is 33.8 Å². The van der Waals surface area contributed by atoms with E-state index in [9.17, 15) is 14.4 Å². The number of nitrogens with zero attached hydrogens (tertiary/aromatic N) is 3. The number of methoxy groups -OCH3 is 1. The molecule has 1 fully saturated rings. The second kappa shape index (κ2) is 7.76. The van der Waals surface area contributed by atoms with E-state index in [0.717, 1.165) is 0 Å². The Morgan fingerprint density at radius 2 is 2.04 bits per heavy atom. The minimum absolute atomic E-state index is 0.0748. The SMILES string of the molecule is COc1ncccc1C(=O)N(C)CC(=O)N1CCC(C(=O)O)CC1. The molecule has 0 bridgehead atoms. The summed E-state index contributed by atoms with van der Waals surface area (Å²) in [6, 6.07) is 3.22. The van der Waals surface area contributed by atoms with E-state index in [1.54, 1.807) is 17.0 Å². The van der Waals surface area contributed by atoms with Gasteiger partial charge < -0.3 is 19.6 Å². The van der Waals surface area contributed by atoms with Crippen molar-refractivity contribution in [2.45, 2.75) is 12.8 Å². The number of pyridine rings is 1. The van der Waals surface area contributed by atoms with Gasteiger partial charge in [0.05, 0.1) is 19.6 Å². The summed E-state index contributed by atoms with van der Waals surface area (Å²) in [6.07, 6.45) is 2.40. The van der Waals surface area contributed by atoms with Gasteiger partial charge >= 0.3 is 5.97 Å². The third-order valence-electron chi connectivity index (χ3n) is 4.11. The maximum absolute atomic E-state index is 12.4. The highest BCUT2D eigenvalue weighted by Gasteiger charge is 2.28. The Labute approximate surface area is 140 Å². The minimum Gasteiger partial charge on any atom is -0.481 e. The lowest BCUT2D eigenvalue weighted by atomic mass is 9.97. The maximum atomic E-state index is 12.4. The quantitative estimate of drug-likeness (QED) is 0.840. The van der Waals surface area contributed by atoms with Gasteiger partial charge in [0.25, 0.3) is 5.91 Å². The number of piperidine rings is 1. The molecule has 0 atom stereocenters. The second-order valence-electron chi connectivity index (χ2n) is 5.71. The molecule has 8 nitrogen and oxygen atoms in total. The first kappa shape index (κ1) is 17.7. The fourth-order valence-corrected chi connectivity index (χ4v) is 2.67. The van der Waals surface area contributed by atoms with Crippen LogP contribution in [0.5, 0.6) is 5.88 Å². The topological polar surface area (TPSA) is 100 Å². The normalized spacial score (nSPS) is 15.0. The molecule has 2 amide bonds. The molecule has 1 aliphatic rings. The third-order valence-corrected chi connectivity index (χ3v) is 4.11. The highest BCUT2D eigenvalue weighted by Crippen LogP contribution is 2.18. The van der Waals surface area contributed by atoms with Gasteiger partial charge in [-0.05, 0) is 25.0 Å². The maximum Gasteiger partial charge on any atom is 0.306 e. The summed E-state index contributed by atoms with van der Waals surface area (Å²) in [5.41, 5.74) is 0.292. The fraction of sp³-hybridized carbons (Fsp3) is 0.500. The summed E-state index contributed by atoms with van der Waals surface area (Å²) in [5.74, 6) is -1.55. The Hall–Kier alpha value is -2.64. The molecule has 2 rings (SSSR count). The van der Waals surface area contributed by atoms with Crippen LogP contribution in [-0.2, 0) is 9.59 Å². The van der Waals surface area contributed by atoms with Gasteiger partial charge in [0.1, 0.15) is 5.56 Å². The van der Waals surface area contributed by atoms with Gasteiger partial charge in [-0.3, -0.25) is 14.4 Å². The molecule has 0 spiro atoms. The van der Waals surface area contributed by atoms with Crippen LogP contribution in [0.25, 0.3) is 0 Å². The van der Waals surface area contributed by atoms with Gasteiger partial charge in [-0.15, -0.1) is 0 Å². The molecule has 0 saturated carbocycles. The molecule has 1 aromatic rings. The van der Waals surface area contributed by atoms with Gasteiger partial charge in [-0.1, -0.05) is 0 Å². The number of carboxylic acids is 1. The highest BCUT2D eigenvalue weighted by molar-refractivity contribution is 5.98. The lowest BCUT2D eigenvalue weighted by Gasteiger charge is -2.31. The first-order valence-electron chi connectivity index (χ1n) is 7.69. The fourth-order valence-electron chi connectivity index (χ4n) is 2.67. The largest absolute Gasteiger partial charge is 0.481 e. The zero-order valence-corrected chi connectivity index (χ0v) is 13.8. The molecule has 8 heteroatoms. The number of hydrogen-bond acceptors (Lipinski definition) is 5. The number of likely N-dealkylation sites (tertiary alicyclic amines) is 1. The summed E-state index contributed by atoms with van der Waals surface area (Å²) >= 11 is 0. The van der Waals surface area contributed by atoms with E-state index >= 15 is 0 Å². The summed E-state index contributed by atoms with van der Waals surface area (Å²) < 4.78 is 5.06. The number of aliphatic carboxylic acids is 1. The smallest absolute Gasteiger partial charge is 0.306 e. The minimum atomic E-state index is -0.821. The Kier molecular flexibility index (Phi) is 5.73. The van der Waals surface area contributed by atoms with Crippen molar-refractivity contribution in [3.05, 3.63) is 23.9 Å². The lowest BCUT2D eigenvalue weighted by molar-refractivity contribution is -0.145. The Morgan fingerprint density at radius 1 is 1.38 bits per heavy atom. The van der Waals surface area contributed by atoms with Gasteiger partial charge in [0, 0.05) is 26.3 Å². The Balaban J connectivity index is 1.94. The van der Waals surface area contributed by atoms with Crippen LogP contribution in [0.2, 0.25) is 0 Å². The summed E-state index contributed by atoms with van der Waals surface area (Å²) in [5, 5.41) is 8.98. The second-order valence-corrected chi connectivity index (χ2v) is 5.71. The molecule has 130 valence electrons. The van der Waals surface area contributed by atoms with Crippen LogP contribution in [-0.4, -0.2) is 71.5 Å². The zero-order chi connectivity index (χ0) is 17.7. The average Bonchev–Trinajstić information content (AvgIpc) is 2.60. The van der Waals surface area contributed by atoms with Crippen molar-refractivity contribution in [1.29, 1.82) is 0 Å². The molecule has 0 radical (unpaired) electrons. The number of carbonyl (C=O) groups is 3. The predicted molar refractivity (Wildman–Crippen MR) is 84.7 cm³/mol. The van der Waals surface area contributed by atoms with E-state index in [1.165, 1.54) is 25.3 Å². The van der Waals surface area contributed by atoms with Crippen molar-refractivity contribution in [3.63, 3.8) is 0 Å². The van der Waals surface area contributed by atoms with Crippen LogP contribution in [0.15, 0.2) is 18.3 Å². The molecular weight excluding hydrogens is 314 g/mol. The lowest BCUT2D eigenvalue weighted by Crippen LogP contribution is -2.45. The molecule has 1 aliphatic heterocycles. The van der Waals surface area contributed by atoms with Gasteiger partial charge in [0.2, 0.25) is 11.8 Å². The van der Waals surface area contributed by atoms with Crippen LogP contribution in [0, 0.1) is 5.92 Å². The number of aromatic nitrogens is 1. The van der Waals surface area contributed by atoms with E-state index in [0.29, 0.717) is 31.5 Å². The van der Waals surface area contributed by atoms with Crippen molar-refractivity contribution in [2.24, 2.45) is 5.92 Å². The summed E-state index contributed by atoms with van der Waals surface area (Å²) in [7, 11) is 2.97. The highest BCUT2D eigenvalue weighted by atomic mass is 16.5. The summed E-state index contributed by atoms with van der Waals surface area (Å²) in [4.78, 5) is 42.6. The molecule has 2 heterocycles. The molecule has 1 saturated heterocycles. The molecule has 0 aromatic carbocycles. The molecular formula is C16H21N3O5. The van der Waals surface area contributed by atoms with Crippen LogP contribution < -0.4 is 4.74 Å². The number of rotatable bonds is 5. The molecule has 24 heavy (non-hydrogen) atoms. The van der Waals surface area contributed by atoms with Gasteiger partial charge in [-0.25, -0.2) is 4.98 Å². The molecule has 0 unspecified atom stereocenters. The Morgan fingerprint density at radius 3 is 2.62 bits per heavy atom. The standard InChI is InChI=1S/C16H21N3O5/c1-18(15(21)12-4-3-7-17-14(12)24-2)10-13(20)19-8-5-11(6-9-19)16(22)23/h3-4,7,11H,5-6,8-10H2,1-2H3,(H,22,23). The molecule has 1 N–H and O–H groups in total. The van der Waals surface area contributed by atoms with E-state index in [2.05, 4.69) is 4.98 Å². The van der Waals surface area contributed by atoms with Crippen molar-refractivity contribution < 1.29 is 24.2 Å². The first-order valence-corrected chi connectivity index (χ1v) is 7.69. The van der Waals surface area contributed by atoms with Crippen molar-refractivity contribution >= 4 is 17.8 Å². The number of carboxylic acid groups (broad SMARTS) is 1. The van der Waals surface area contributed by atoms with Gasteiger partial charge in [0.15, 0.2) is 0 Å². The molecule has 0 aliphatic carbocycles. The monoisotopic (exact) mass is 335 g/mol. The van der Waals surface area contributed by atoms with Crippen LogP contribution in [0.3, 0.4) is 0 Å². The zero-order valence-electron chi connectivity index (χ0n) is 13.8. The molecule has 1 aromatic heterocycles. The van der Waals surface area contributed by atoms with Crippen molar-refractivity contribution in [3.8, 4) is 5.88 Å². The number of likely N-dealkylation sites (N-methyl/N-ethyl adjacent to an activating group) is 1. The first-order chi connectivity index (χ1) is 11.4. The van der Waals surface area contributed by atoms with Crippen molar-refractivity contribution in [1.82, 2.24) is 14.8 Å². The number of carbonyl (C=O) groups excluding carboxylic acids is 2. The van der Waals surface area contributed by atoms with E-state index in [1.807, 2.05) is 0 Å². The van der Waals surface area contributed by atoms with E-state index in [4.69, 9.17) is 9.84 Å². The van der Waals surface area contributed by atoms with Gasteiger partial charge in [-0.2, -0.15) is 0 Å². The number of hydrogen-bond donors (Lipinski definition) is 1. The van der Waals surface area contributed by atoms with Crippen LogP contribution >= 0.6 is 0 Å². The van der Waals surface area contributed by atoms with E-state index < -0.39 is 11.9 Å². The van der Waals surface area contributed by atoms with Crippen LogP contribution in [0.4, 0.5) is 0 Å². The summed E-state index contributed by atoms with van der Waals surface area (Å²) in [6.45, 7) is 0.719. The van der Waals surface area contributed by atoms with E-state index in [-0.39, 0.29) is 24.2 Å². The number of amides is 2. The number of ether oxygens (including phenoxy) is 1. The Bertz CT molecular complexity index is 626.